The number of hydrogen-bond donors (Lipinski definition) is 3. The van der Waals surface area contributed by atoms with E-state index in [2.05, 4.69) is 16.1 Å². The van der Waals surface area contributed by atoms with Gasteiger partial charge in [-0.2, -0.15) is 5.01 Å². The molecular formula is C22H27Cl2N5O4. The molecule has 3 N–H and O–H groups in total. The second-order valence-electron chi connectivity index (χ2n) is 8.85. The van der Waals surface area contributed by atoms with E-state index in [9.17, 15) is 19.2 Å². The SMILES string of the molecule is O=C(CN1CCCCC1C(=O)Nc1ccc(Cl)c(Cl)c1)NN1C(=O)NC2(CCCCC2)C1=O. The predicted molar refractivity (Wildman–Crippen MR) is 124 cm³/mol. The zero-order valence-electron chi connectivity index (χ0n) is 18.2. The van der Waals surface area contributed by atoms with E-state index in [1.165, 1.54) is 0 Å². The van der Waals surface area contributed by atoms with Crippen molar-refractivity contribution in [1.29, 1.82) is 0 Å². The maximum Gasteiger partial charge on any atom is 0.344 e. The van der Waals surface area contributed by atoms with Crippen molar-refractivity contribution in [3.05, 3.63) is 28.2 Å². The van der Waals surface area contributed by atoms with E-state index in [0.29, 0.717) is 41.5 Å². The van der Waals surface area contributed by atoms with Gasteiger partial charge in [-0.3, -0.25) is 24.7 Å². The van der Waals surface area contributed by atoms with Gasteiger partial charge < -0.3 is 10.6 Å². The largest absolute Gasteiger partial charge is 0.344 e. The lowest BCUT2D eigenvalue weighted by atomic mass is 9.82. The van der Waals surface area contributed by atoms with Gasteiger partial charge in [0, 0.05) is 5.69 Å². The van der Waals surface area contributed by atoms with E-state index in [0.717, 1.165) is 37.1 Å². The molecular weight excluding hydrogens is 469 g/mol. The molecule has 3 fully saturated rings. The molecule has 178 valence electrons. The number of piperidine rings is 1. The molecule has 0 radical (unpaired) electrons. The van der Waals surface area contributed by atoms with Crippen molar-refractivity contribution < 1.29 is 19.2 Å². The quantitative estimate of drug-likeness (QED) is 0.543. The monoisotopic (exact) mass is 495 g/mol. The number of hydrazine groups is 1. The van der Waals surface area contributed by atoms with Crippen molar-refractivity contribution in [2.45, 2.75) is 62.9 Å². The van der Waals surface area contributed by atoms with Gasteiger partial charge in [0.1, 0.15) is 5.54 Å². The fourth-order valence-electron chi connectivity index (χ4n) is 4.84. The molecule has 3 aliphatic rings. The number of halogens is 2. The van der Waals surface area contributed by atoms with E-state index in [-0.39, 0.29) is 12.5 Å². The zero-order chi connectivity index (χ0) is 23.6. The summed E-state index contributed by atoms with van der Waals surface area (Å²) in [7, 11) is 0. The summed E-state index contributed by atoms with van der Waals surface area (Å²) in [5.41, 5.74) is 2.06. The Morgan fingerprint density at radius 1 is 1.06 bits per heavy atom. The molecule has 2 aliphatic heterocycles. The number of anilines is 1. The Bertz CT molecular complexity index is 966. The third-order valence-electron chi connectivity index (χ3n) is 6.56. The van der Waals surface area contributed by atoms with E-state index in [4.69, 9.17) is 23.2 Å². The summed E-state index contributed by atoms with van der Waals surface area (Å²) in [6.45, 7) is 0.445. The Morgan fingerprint density at radius 2 is 1.82 bits per heavy atom. The van der Waals surface area contributed by atoms with Gasteiger partial charge in [-0.15, -0.1) is 0 Å². The number of imide groups is 1. The first-order chi connectivity index (χ1) is 15.8. The Morgan fingerprint density at radius 3 is 2.55 bits per heavy atom. The van der Waals surface area contributed by atoms with Crippen molar-refractivity contribution in [2.75, 3.05) is 18.4 Å². The average molecular weight is 496 g/mol. The van der Waals surface area contributed by atoms with Crippen molar-refractivity contribution in [2.24, 2.45) is 0 Å². The molecule has 2 heterocycles. The summed E-state index contributed by atoms with van der Waals surface area (Å²) in [5, 5.41) is 7.11. The number of hydrogen-bond acceptors (Lipinski definition) is 5. The lowest BCUT2D eigenvalue weighted by Crippen LogP contribution is -2.55. The molecule has 33 heavy (non-hydrogen) atoms. The molecule has 2 saturated heterocycles. The van der Waals surface area contributed by atoms with Gasteiger partial charge in [-0.05, 0) is 50.4 Å². The molecule has 5 amide bonds. The van der Waals surface area contributed by atoms with Gasteiger partial charge in [-0.1, -0.05) is 48.9 Å². The first kappa shape index (κ1) is 23.8. The molecule has 1 atom stereocenters. The van der Waals surface area contributed by atoms with Gasteiger partial charge in [0.2, 0.25) is 5.91 Å². The summed E-state index contributed by atoms with van der Waals surface area (Å²) < 4.78 is 0. The minimum Gasteiger partial charge on any atom is -0.325 e. The number of carbonyl (C=O) groups excluding carboxylic acids is 4. The van der Waals surface area contributed by atoms with Crippen LogP contribution in [0.2, 0.25) is 10.0 Å². The van der Waals surface area contributed by atoms with Gasteiger partial charge in [0.05, 0.1) is 22.6 Å². The maximum absolute atomic E-state index is 12.9. The predicted octanol–water partition coefficient (Wildman–Crippen LogP) is 3.07. The number of amides is 5. The smallest absolute Gasteiger partial charge is 0.325 e. The number of urea groups is 1. The van der Waals surface area contributed by atoms with E-state index in [1.807, 2.05) is 0 Å². The number of nitrogens with one attached hydrogen (secondary N) is 3. The highest BCUT2D eigenvalue weighted by molar-refractivity contribution is 6.42. The van der Waals surface area contributed by atoms with Gasteiger partial charge in [-0.25, -0.2) is 4.79 Å². The maximum atomic E-state index is 12.9. The van der Waals surface area contributed by atoms with E-state index >= 15 is 0 Å². The molecule has 1 spiro atoms. The Balaban J connectivity index is 1.37. The van der Waals surface area contributed by atoms with Crippen molar-refractivity contribution in [3.8, 4) is 0 Å². The minimum atomic E-state index is -0.907. The average Bonchev–Trinajstić information content (AvgIpc) is 3.01. The van der Waals surface area contributed by atoms with Gasteiger partial charge in [0.25, 0.3) is 11.8 Å². The molecule has 1 aliphatic carbocycles. The molecule has 0 bridgehead atoms. The van der Waals surface area contributed by atoms with Crippen LogP contribution in [0.25, 0.3) is 0 Å². The van der Waals surface area contributed by atoms with E-state index in [1.54, 1.807) is 23.1 Å². The number of rotatable bonds is 5. The summed E-state index contributed by atoms with van der Waals surface area (Å²) >= 11 is 12.0. The zero-order valence-corrected chi connectivity index (χ0v) is 19.7. The highest BCUT2D eigenvalue weighted by Crippen LogP contribution is 2.33. The number of nitrogens with zero attached hydrogens (tertiary/aromatic N) is 2. The molecule has 1 aromatic rings. The molecule has 1 aromatic carbocycles. The third kappa shape index (κ3) is 5.10. The van der Waals surface area contributed by atoms with Crippen molar-refractivity contribution >= 4 is 52.6 Å². The van der Waals surface area contributed by atoms with Crippen LogP contribution in [0.4, 0.5) is 10.5 Å². The van der Waals surface area contributed by atoms with Crippen molar-refractivity contribution in [3.63, 3.8) is 0 Å². The van der Waals surface area contributed by atoms with Crippen LogP contribution in [0.5, 0.6) is 0 Å². The normalized spacial score (nSPS) is 22.8. The summed E-state index contributed by atoms with van der Waals surface area (Å²) in [5.74, 6) is -1.18. The van der Waals surface area contributed by atoms with Crippen LogP contribution in [0.15, 0.2) is 18.2 Å². The van der Waals surface area contributed by atoms with Crippen LogP contribution in [0.3, 0.4) is 0 Å². The van der Waals surface area contributed by atoms with Crippen LogP contribution in [-0.4, -0.2) is 58.3 Å². The third-order valence-corrected chi connectivity index (χ3v) is 7.29. The van der Waals surface area contributed by atoms with Crippen LogP contribution >= 0.6 is 23.2 Å². The molecule has 1 saturated carbocycles. The van der Waals surface area contributed by atoms with Crippen molar-refractivity contribution in [1.82, 2.24) is 20.7 Å². The molecule has 11 heteroatoms. The molecule has 9 nitrogen and oxygen atoms in total. The highest BCUT2D eigenvalue weighted by Gasteiger charge is 2.52. The van der Waals surface area contributed by atoms with Gasteiger partial charge >= 0.3 is 6.03 Å². The topological polar surface area (TPSA) is 111 Å². The molecule has 4 rings (SSSR count). The fraction of sp³-hybridized carbons (Fsp3) is 0.545. The van der Waals surface area contributed by atoms with Crippen LogP contribution in [0.1, 0.15) is 51.4 Å². The summed E-state index contributed by atoms with van der Waals surface area (Å²) in [4.78, 5) is 52.7. The van der Waals surface area contributed by atoms with Crippen LogP contribution < -0.4 is 16.1 Å². The standard InChI is InChI=1S/C22H27Cl2N5O4/c23-15-8-7-14(12-16(15)24)25-19(31)17-6-2-5-11-28(17)13-18(30)27-29-20(32)22(26-21(29)33)9-3-1-4-10-22/h7-8,12,17H,1-6,9-11,13H2,(H,25,31)(H,26,33)(H,27,30). The molecule has 0 aromatic heterocycles. The van der Waals surface area contributed by atoms with Crippen LogP contribution in [0, 0.1) is 0 Å². The Hall–Kier alpha value is -2.36. The first-order valence-corrected chi connectivity index (χ1v) is 12.0. The minimum absolute atomic E-state index is 0.108. The lowest BCUT2D eigenvalue weighted by molar-refractivity contribution is -0.141. The summed E-state index contributed by atoms with van der Waals surface area (Å²) in [6, 6.07) is 3.70. The first-order valence-electron chi connectivity index (χ1n) is 11.3. The number of carbonyl (C=O) groups is 4. The number of likely N-dealkylation sites (tertiary alicyclic amines) is 1. The second kappa shape index (κ2) is 9.87. The second-order valence-corrected chi connectivity index (χ2v) is 9.66. The van der Waals surface area contributed by atoms with Crippen LogP contribution in [-0.2, 0) is 14.4 Å². The fourth-order valence-corrected chi connectivity index (χ4v) is 5.14. The van der Waals surface area contributed by atoms with Gasteiger partial charge in [0.15, 0.2) is 0 Å². The summed E-state index contributed by atoms with van der Waals surface area (Å²) in [6.07, 6.45) is 6.18. The Kier molecular flexibility index (Phi) is 7.11. The highest BCUT2D eigenvalue weighted by atomic mass is 35.5. The lowest BCUT2D eigenvalue weighted by Gasteiger charge is -2.34. The molecule has 1 unspecified atom stereocenters. The Labute approximate surface area is 202 Å². The number of benzene rings is 1. The van der Waals surface area contributed by atoms with E-state index < -0.39 is 29.4 Å².